The fourth-order valence-electron chi connectivity index (χ4n) is 2.85. The number of anilines is 1. The van der Waals surface area contributed by atoms with Crippen LogP contribution in [0.15, 0.2) is 18.3 Å². The SMILES string of the molecule is CC1(C)CCCN(c2ncccc2CNC(C)(C)C)CC1. The van der Waals surface area contributed by atoms with Crippen LogP contribution in [0.3, 0.4) is 0 Å². The van der Waals surface area contributed by atoms with Crippen LogP contribution < -0.4 is 10.2 Å². The zero-order valence-corrected chi connectivity index (χ0v) is 14.4. The molecule has 2 heterocycles. The van der Waals surface area contributed by atoms with Gasteiger partial charge in [-0.25, -0.2) is 4.98 Å². The third-order valence-corrected chi connectivity index (χ3v) is 4.32. The molecule has 0 bridgehead atoms. The molecule has 1 aromatic rings. The Bertz CT molecular complexity index is 460. The van der Waals surface area contributed by atoms with Crippen molar-refractivity contribution < 1.29 is 0 Å². The monoisotopic (exact) mass is 289 g/mol. The second kappa shape index (κ2) is 6.35. The summed E-state index contributed by atoms with van der Waals surface area (Å²) >= 11 is 0. The van der Waals surface area contributed by atoms with Crippen molar-refractivity contribution in [2.75, 3.05) is 18.0 Å². The first-order valence-electron chi connectivity index (χ1n) is 8.21. The Morgan fingerprint density at radius 2 is 2.00 bits per heavy atom. The minimum absolute atomic E-state index is 0.133. The summed E-state index contributed by atoms with van der Waals surface area (Å²) in [5.41, 5.74) is 1.91. The predicted molar refractivity (Wildman–Crippen MR) is 90.7 cm³/mol. The van der Waals surface area contributed by atoms with Gasteiger partial charge in [0.05, 0.1) is 0 Å². The number of pyridine rings is 1. The first-order valence-corrected chi connectivity index (χ1v) is 8.21. The zero-order chi connectivity index (χ0) is 15.5. The number of nitrogens with zero attached hydrogens (tertiary/aromatic N) is 2. The normalized spacial score (nSPS) is 19.4. The molecule has 1 aromatic heterocycles. The second-order valence-corrected chi connectivity index (χ2v) is 8.09. The van der Waals surface area contributed by atoms with Crippen LogP contribution in [-0.2, 0) is 6.54 Å². The van der Waals surface area contributed by atoms with Gasteiger partial charge in [-0.2, -0.15) is 0 Å². The van der Waals surface area contributed by atoms with Crippen LogP contribution in [0.2, 0.25) is 0 Å². The van der Waals surface area contributed by atoms with Gasteiger partial charge in [0.15, 0.2) is 0 Å². The summed E-state index contributed by atoms with van der Waals surface area (Å²) in [4.78, 5) is 7.16. The fourth-order valence-corrected chi connectivity index (χ4v) is 2.85. The van der Waals surface area contributed by atoms with Gasteiger partial charge in [0.2, 0.25) is 0 Å². The molecule has 0 unspecified atom stereocenters. The molecule has 0 radical (unpaired) electrons. The molecule has 0 aliphatic carbocycles. The van der Waals surface area contributed by atoms with Crippen molar-refractivity contribution >= 4 is 5.82 Å². The van der Waals surface area contributed by atoms with Gasteiger partial charge in [0.25, 0.3) is 0 Å². The Labute approximate surface area is 130 Å². The highest BCUT2D eigenvalue weighted by Crippen LogP contribution is 2.32. The van der Waals surface area contributed by atoms with Crippen molar-refractivity contribution in [3.05, 3.63) is 23.9 Å². The van der Waals surface area contributed by atoms with E-state index in [1.807, 2.05) is 12.3 Å². The molecule has 1 N–H and O–H groups in total. The molecule has 1 saturated heterocycles. The van der Waals surface area contributed by atoms with E-state index in [0.717, 1.165) is 19.6 Å². The lowest BCUT2D eigenvalue weighted by atomic mass is 9.85. The van der Waals surface area contributed by atoms with Crippen LogP contribution >= 0.6 is 0 Å². The summed E-state index contributed by atoms with van der Waals surface area (Å²) in [7, 11) is 0. The van der Waals surface area contributed by atoms with E-state index in [1.54, 1.807) is 0 Å². The van der Waals surface area contributed by atoms with Crippen LogP contribution in [0.25, 0.3) is 0 Å². The Hall–Kier alpha value is -1.09. The molecule has 118 valence electrons. The minimum Gasteiger partial charge on any atom is -0.356 e. The number of nitrogens with one attached hydrogen (secondary N) is 1. The Morgan fingerprint density at radius 1 is 1.24 bits per heavy atom. The van der Waals surface area contributed by atoms with Crippen molar-refractivity contribution in [3.63, 3.8) is 0 Å². The van der Waals surface area contributed by atoms with E-state index in [0.29, 0.717) is 5.41 Å². The van der Waals surface area contributed by atoms with Gasteiger partial charge in [0.1, 0.15) is 5.82 Å². The maximum Gasteiger partial charge on any atom is 0.133 e. The highest BCUT2D eigenvalue weighted by molar-refractivity contribution is 5.47. The first kappa shape index (κ1) is 16.3. The van der Waals surface area contributed by atoms with Gasteiger partial charge in [-0.05, 0) is 51.5 Å². The van der Waals surface area contributed by atoms with Gasteiger partial charge < -0.3 is 10.2 Å². The molecule has 0 spiro atoms. The van der Waals surface area contributed by atoms with E-state index in [1.165, 1.54) is 30.6 Å². The average molecular weight is 289 g/mol. The van der Waals surface area contributed by atoms with Crippen molar-refractivity contribution in [2.24, 2.45) is 5.41 Å². The van der Waals surface area contributed by atoms with Crippen molar-refractivity contribution in [1.82, 2.24) is 10.3 Å². The quantitative estimate of drug-likeness (QED) is 0.912. The summed E-state index contributed by atoms with van der Waals surface area (Å²) in [5.74, 6) is 1.17. The van der Waals surface area contributed by atoms with Gasteiger partial charge in [-0.15, -0.1) is 0 Å². The maximum atomic E-state index is 4.68. The molecular formula is C18H31N3. The molecule has 3 nitrogen and oxygen atoms in total. The molecule has 0 saturated carbocycles. The van der Waals surface area contributed by atoms with Crippen molar-refractivity contribution in [2.45, 2.75) is 66.0 Å². The number of hydrogen-bond acceptors (Lipinski definition) is 3. The maximum absolute atomic E-state index is 4.68. The van der Waals surface area contributed by atoms with Crippen LogP contribution in [0.5, 0.6) is 0 Å². The topological polar surface area (TPSA) is 28.2 Å². The number of hydrogen-bond donors (Lipinski definition) is 1. The molecule has 1 aliphatic heterocycles. The van der Waals surface area contributed by atoms with Gasteiger partial charge >= 0.3 is 0 Å². The standard InChI is InChI=1S/C18H31N3/c1-17(2,3)20-14-15-8-6-11-19-16(15)21-12-7-9-18(4,5)10-13-21/h6,8,11,20H,7,9-10,12-14H2,1-5H3. The minimum atomic E-state index is 0.133. The summed E-state index contributed by atoms with van der Waals surface area (Å²) in [6.07, 6.45) is 5.74. The average Bonchev–Trinajstić information content (AvgIpc) is 2.57. The fraction of sp³-hybridized carbons (Fsp3) is 0.722. The van der Waals surface area contributed by atoms with Gasteiger partial charge in [-0.3, -0.25) is 0 Å². The van der Waals surface area contributed by atoms with Crippen LogP contribution in [0, 0.1) is 5.41 Å². The lowest BCUT2D eigenvalue weighted by molar-refractivity contribution is 0.325. The zero-order valence-electron chi connectivity index (χ0n) is 14.4. The molecule has 0 aromatic carbocycles. The van der Waals surface area contributed by atoms with Crippen molar-refractivity contribution in [3.8, 4) is 0 Å². The van der Waals surface area contributed by atoms with E-state index < -0.39 is 0 Å². The molecule has 0 atom stereocenters. The largest absolute Gasteiger partial charge is 0.356 e. The van der Waals surface area contributed by atoms with E-state index in [2.05, 4.69) is 55.9 Å². The van der Waals surface area contributed by atoms with Gasteiger partial charge in [-0.1, -0.05) is 19.9 Å². The van der Waals surface area contributed by atoms with Crippen molar-refractivity contribution in [1.29, 1.82) is 0 Å². The Morgan fingerprint density at radius 3 is 2.71 bits per heavy atom. The van der Waals surface area contributed by atoms with Crippen LogP contribution in [0.4, 0.5) is 5.82 Å². The molecule has 21 heavy (non-hydrogen) atoms. The third-order valence-electron chi connectivity index (χ3n) is 4.32. The van der Waals surface area contributed by atoms with Crippen LogP contribution in [0.1, 0.15) is 59.4 Å². The lowest BCUT2D eigenvalue weighted by Crippen LogP contribution is -2.36. The van der Waals surface area contributed by atoms with Crippen LogP contribution in [-0.4, -0.2) is 23.6 Å². The van der Waals surface area contributed by atoms with Gasteiger partial charge in [0, 0.05) is 36.9 Å². The smallest absolute Gasteiger partial charge is 0.133 e. The molecule has 2 rings (SSSR count). The highest BCUT2D eigenvalue weighted by atomic mass is 15.2. The third kappa shape index (κ3) is 4.99. The molecule has 0 amide bonds. The first-order chi connectivity index (χ1) is 9.77. The van der Waals surface area contributed by atoms with E-state index in [-0.39, 0.29) is 5.54 Å². The molecule has 3 heteroatoms. The summed E-state index contributed by atoms with van der Waals surface area (Å²) < 4.78 is 0. The number of rotatable bonds is 3. The summed E-state index contributed by atoms with van der Waals surface area (Å²) in [6.45, 7) is 14.5. The predicted octanol–water partition coefficient (Wildman–Crippen LogP) is 3.99. The Kier molecular flexibility index (Phi) is 4.92. The Balaban J connectivity index is 2.12. The molecule has 1 fully saturated rings. The lowest BCUT2D eigenvalue weighted by Gasteiger charge is -2.27. The second-order valence-electron chi connectivity index (χ2n) is 8.09. The van der Waals surface area contributed by atoms with E-state index in [9.17, 15) is 0 Å². The van der Waals surface area contributed by atoms with E-state index >= 15 is 0 Å². The molecular weight excluding hydrogens is 258 g/mol. The van der Waals surface area contributed by atoms with E-state index in [4.69, 9.17) is 0 Å². The molecule has 1 aliphatic rings. The summed E-state index contributed by atoms with van der Waals surface area (Å²) in [5, 5.41) is 3.58. The highest BCUT2D eigenvalue weighted by Gasteiger charge is 2.24. The number of aromatic nitrogens is 1. The summed E-state index contributed by atoms with van der Waals surface area (Å²) in [6, 6.07) is 4.25.